The number of hydrogen-bond acceptors (Lipinski definition) is 8. The summed E-state index contributed by atoms with van der Waals surface area (Å²) in [5.41, 5.74) is 3.47. The maximum atomic E-state index is 12.8. The second-order valence-corrected chi connectivity index (χ2v) is 10.3. The average Bonchev–Trinajstić information content (AvgIpc) is 3.32. The Kier molecular flexibility index (Phi) is 8.06. The zero-order valence-corrected chi connectivity index (χ0v) is 22.7. The van der Waals surface area contributed by atoms with Crippen LogP contribution in [0.2, 0.25) is 0 Å². The molecular weight excluding hydrogens is 496 g/mol. The number of likely N-dealkylation sites (tertiary alicyclic amines) is 1. The molecule has 2 aliphatic rings. The van der Waals surface area contributed by atoms with Crippen LogP contribution in [-0.4, -0.2) is 68.1 Å². The van der Waals surface area contributed by atoms with Gasteiger partial charge in [0, 0.05) is 43.6 Å². The van der Waals surface area contributed by atoms with Crippen LogP contribution in [0.15, 0.2) is 42.6 Å². The molecule has 1 unspecified atom stereocenters. The third-order valence-electron chi connectivity index (χ3n) is 7.13. The number of nitrogens with zero attached hydrogens (tertiary/aromatic N) is 5. The van der Waals surface area contributed by atoms with Crippen LogP contribution in [0.5, 0.6) is 0 Å². The number of carbonyl (C=O) groups is 2. The normalized spacial score (nSPS) is 17.9. The fourth-order valence-electron chi connectivity index (χ4n) is 4.83. The van der Waals surface area contributed by atoms with Crippen molar-refractivity contribution in [3.8, 4) is 0 Å². The summed E-state index contributed by atoms with van der Waals surface area (Å²) < 4.78 is 7.22. The van der Waals surface area contributed by atoms with Gasteiger partial charge in [0.1, 0.15) is 6.04 Å². The van der Waals surface area contributed by atoms with Gasteiger partial charge in [0.2, 0.25) is 23.7 Å². The third kappa shape index (κ3) is 6.03. The molecule has 2 aliphatic heterocycles. The summed E-state index contributed by atoms with van der Waals surface area (Å²) in [6.07, 6.45) is 7.51. The summed E-state index contributed by atoms with van der Waals surface area (Å²) in [6.45, 7) is 8.56. The fourth-order valence-corrected chi connectivity index (χ4v) is 4.83. The van der Waals surface area contributed by atoms with Crippen LogP contribution in [0, 0.1) is 0 Å². The summed E-state index contributed by atoms with van der Waals surface area (Å²) in [7, 11) is 0. The van der Waals surface area contributed by atoms with Gasteiger partial charge in [-0.25, -0.2) is 0 Å². The number of aromatic nitrogens is 4. The van der Waals surface area contributed by atoms with Gasteiger partial charge in [-0.15, -0.1) is 0 Å². The van der Waals surface area contributed by atoms with Crippen molar-refractivity contribution in [1.82, 2.24) is 24.5 Å². The van der Waals surface area contributed by atoms with Gasteiger partial charge in [-0.3, -0.25) is 9.59 Å². The number of hydrogen-bond donors (Lipinski definition) is 3. The van der Waals surface area contributed by atoms with E-state index in [-0.39, 0.29) is 23.8 Å². The minimum atomic E-state index is -0.443. The lowest BCUT2D eigenvalue weighted by molar-refractivity contribution is -0.141. The smallest absolute Gasteiger partial charge is 0.247 e. The van der Waals surface area contributed by atoms with Crippen LogP contribution in [-0.2, 0) is 20.9 Å². The SMILES string of the molecule is CC=CC(=O)N1CCC1C(=O)Nc1cccc(CNc2nc(NC3CCOCC3)nc3c(C(C)C)cnn23)c1. The van der Waals surface area contributed by atoms with Crippen LogP contribution >= 0.6 is 0 Å². The Balaban J connectivity index is 1.30. The quantitative estimate of drug-likeness (QED) is 0.357. The molecule has 2 fully saturated rings. The molecule has 1 atom stereocenters. The molecule has 3 aromatic rings. The van der Waals surface area contributed by atoms with Crippen molar-refractivity contribution in [2.24, 2.45) is 0 Å². The summed E-state index contributed by atoms with van der Waals surface area (Å²) in [4.78, 5) is 36.1. The van der Waals surface area contributed by atoms with Gasteiger partial charge < -0.3 is 25.6 Å². The van der Waals surface area contributed by atoms with Gasteiger partial charge >= 0.3 is 0 Å². The van der Waals surface area contributed by atoms with Crippen molar-refractivity contribution in [2.75, 3.05) is 35.7 Å². The first-order valence-electron chi connectivity index (χ1n) is 13.6. The van der Waals surface area contributed by atoms with Gasteiger partial charge in [0.15, 0.2) is 5.65 Å². The zero-order chi connectivity index (χ0) is 27.4. The molecule has 5 rings (SSSR count). The standard InChI is InChI=1S/C28H36N8O3/c1-4-6-24(37)35-12-9-23(35)26(38)31-21-8-5-7-19(15-21)16-29-28-34-27(32-20-10-13-39-14-11-20)33-25-22(18(2)3)17-30-36(25)28/h4-8,15,17-18,20,23H,9-14,16H2,1-3H3,(H,31,38)(H2,29,32,33,34). The molecule has 0 spiro atoms. The van der Waals surface area contributed by atoms with E-state index in [0.717, 1.165) is 42.8 Å². The number of nitrogens with one attached hydrogen (secondary N) is 3. The molecule has 0 radical (unpaired) electrons. The highest BCUT2D eigenvalue weighted by atomic mass is 16.5. The minimum absolute atomic E-state index is 0.136. The molecule has 2 amide bonds. The monoisotopic (exact) mass is 532 g/mol. The number of ether oxygens (including phenoxy) is 1. The summed E-state index contributed by atoms with van der Waals surface area (Å²) >= 11 is 0. The fraction of sp³-hybridized carbons (Fsp3) is 0.464. The Hall–Kier alpha value is -3.99. The predicted octanol–water partition coefficient (Wildman–Crippen LogP) is 3.57. The summed E-state index contributed by atoms with van der Waals surface area (Å²) in [5, 5.41) is 14.4. The van der Waals surface area contributed by atoms with Crippen molar-refractivity contribution >= 4 is 35.0 Å². The molecule has 11 nitrogen and oxygen atoms in total. The second kappa shape index (κ2) is 11.8. The maximum absolute atomic E-state index is 12.8. The Bertz CT molecular complexity index is 1360. The lowest BCUT2D eigenvalue weighted by atomic mass is 10.0. The third-order valence-corrected chi connectivity index (χ3v) is 7.13. The Morgan fingerprint density at radius 3 is 2.72 bits per heavy atom. The first kappa shape index (κ1) is 26.6. The minimum Gasteiger partial charge on any atom is -0.381 e. The van der Waals surface area contributed by atoms with E-state index >= 15 is 0 Å². The van der Waals surface area contributed by atoms with E-state index in [2.05, 4.69) is 34.9 Å². The van der Waals surface area contributed by atoms with Crippen LogP contribution in [0.25, 0.3) is 5.65 Å². The van der Waals surface area contributed by atoms with Gasteiger partial charge in [-0.1, -0.05) is 32.1 Å². The van der Waals surface area contributed by atoms with Crippen molar-refractivity contribution in [1.29, 1.82) is 0 Å². The van der Waals surface area contributed by atoms with Gasteiger partial charge in [-0.05, 0) is 55.9 Å². The highest BCUT2D eigenvalue weighted by Crippen LogP contribution is 2.24. The number of fused-ring (bicyclic) bond motifs is 1. The molecule has 0 saturated carbocycles. The molecular formula is C28H36N8O3. The first-order valence-corrected chi connectivity index (χ1v) is 13.6. The van der Waals surface area contributed by atoms with Crippen molar-refractivity contribution < 1.29 is 14.3 Å². The van der Waals surface area contributed by atoms with Crippen LogP contribution in [0.3, 0.4) is 0 Å². The van der Waals surface area contributed by atoms with Crippen molar-refractivity contribution in [3.63, 3.8) is 0 Å². The summed E-state index contributed by atoms with van der Waals surface area (Å²) in [5.74, 6) is 1.11. The van der Waals surface area contributed by atoms with Crippen LogP contribution < -0.4 is 16.0 Å². The molecule has 4 heterocycles. The van der Waals surface area contributed by atoms with Gasteiger partial charge in [0.25, 0.3) is 0 Å². The molecule has 39 heavy (non-hydrogen) atoms. The van der Waals surface area contributed by atoms with E-state index in [1.165, 1.54) is 6.08 Å². The van der Waals surface area contributed by atoms with Crippen LogP contribution in [0.4, 0.5) is 17.6 Å². The van der Waals surface area contributed by atoms with E-state index in [4.69, 9.17) is 14.7 Å². The molecule has 206 valence electrons. The maximum Gasteiger partial charge on any atom is 0.247 e. The Morgan fingerprint density at radius 1 is 1.18 bits per heavy atom. The zero-order valence-electron chi connectivity index (χ0n) is 22.7. The predicted molar refractivity (Wildman–Crippen MR) is 150 cm³/mol. The highest BCUT2D eigenvalue weighted by Gasteiger charge is 2.36. The number of rotatable bonds is 9. The second-order valence-electron chi connectivity index (χ2n) is 10.3. The lowest BCUT2D eigenvalue weighted by Crippen LogP contribution is -2.56. The van der Waals surface area contributed by atoms with Crippen LogP contribution in [0.1, 0.15) is 57.1 Å². The van der Waals surface area contributed by atoms with Gasteiger partial charge in [-0.2, -0.15) is 19.6 Å². The largest absolute Gasteiger partial charge is 0.381 e. The molecule has 2 aromatic heterocycles. The highest BCUT2D eigenvalue weighted by molar-refractivity contribution is 6.00. The number of allylic oxidation sites excluding steroid dienone is 1. The molecule has 11 heteroatoms. The number of anilines is 3. The van der Waals surface area contributed by atoms with E-state index in [0.29, 0.717) is 37.1 Å². The molecule has 2 saturated heterocycles. The molecule has 3 N–H and O–H groups in total. The van der Waals surface area contributed by atoms with E-state index in [9.17, 15) is 9.59 Å². The van der Waals surface area contributed by atoms with E-state index < -0.39 is 6.04 Å². The number of carbonyl (C=O) groups excluding carboxylic acids is 2. The van der Waals surface area contributed by atoms with E-state index in [1.54, 1.807) is 22.4 Å². The Morgan fingerprint density at radius 2 is 2.00 bits per heavy atom. The lowest BCUT2D eigenvalue weighted by Gasteiger charge is -2.39. The molecule has 0 aliphatic carbocycles. The number of benzene rings is 1. The van der Waals surface area contributed by atoms with Crippen molar-refractivity contribution in [3.05, 3.63) is 53.7 Å². The topological polar surface area (TPSA) is 126 Å². The molecule has 1 aromatic carbocycles. The van der Waals surface area contributed by atoms with Gasteiger partial charge in [0.05, 0.1) is 6.20 Å². The first-order chi connectivity index (χ1) is 18.9. The van der Waals surface area contributed by atoms with E-state index in [1.807, 2.05) is 30.5 Å². The summed E-state index contributed by atoms with van der Waals surface area (Å²) in [6, 6.07) is 7.47. The Labute approximate surface area is 228 Å². The number of amides is 2. The van der Waals surface area contributed by atoms with Crippen molar-refractivity contribution in [2.45, 2.75) is 64.6 Å². The average molecular weight is 533 g/mol. The molecule has 0 bridgehead atoms.